The minimum absolute atomic E-state index is 0.0853. The quantitative estimate of drug-likeness (QED) is 0.497. The lowest BCUT2D eigenvalue weighted by Crippen LogP contribution is -2.53. The van der Waals surface area contributed by atoms with Crippen LogP contribution in [0.5, 0.6) is 0 Å². The van der Waals surface area contributed by atoms with E-state index in [0.717, 1.165) is 55.8 Å². The number of carbonyl (C=O) groups excluding carboxylic acids is 1. The van der Waals surface area contributed by atoms with Crippen LogP contribution in [0.15, 0.2) is 59.1 Å². The lowest BCUT2D eigenvalue weighted by Gasteiger charge is -2.41. The van der Waals surface area contributed by atoms with Crippen molar-refractivity contribution >= 4 is 27.6 Å². The maximum absolute atomic E-state index is 12.7. The number of benzene rings is 2. The number of hydrogen-bond acceptors (Lipinski definition) is 5. The minimum Gasteiger partial charge on any atom is -0.461 e. The number of carbonyl (C=O) groups is 1. The summed E-state index contributed by atoms with van der Waals surface area (Å²) in [5, 5.41) is 0. The number of piperazine rings is 1. The van der Waals surface area contributed by atoms with Gasteiger partial charge in [0.1, 0.15) is 6.61 Å². The number of piperidine rings is 1. The molecule has 2 aliphatic heterocycles. The average molecular weight is 500 g/mol. The van der Waals surface area contributed by atoms with Gasteiger partial charge in [-0.2, -0.15) is 0 Å². The van der Waals surface area contributed by atoms with Crippen molar-refractivity contribution < 1.29 is 9.53 Å². The molecule has 1 unspecified atom stereocenters. The summed E-state index contributed by atoms with van der Waals surface area (Å²) in [6.07, 6.45) is 4.23. The number of halogens is 1. The molecule has 0 radical (unpaired) electrons. The summed E-state index contributed by atoms with van der Waals surface area (Å²) < 4.78 is 6.74. The highest BCUT2D eigenvalue weighted by Gasteiger charge is 2.27. The molecule has 172 valence electrons. The third-order valence-electron chi connectivity index (χ3n) is 6.59. The summed E-state index contributed by atoms with van der Waals surface area (Å²) in [5.74, 6) is -0.0853. The zero-order valence-corrected chi connectivity index (χ0v) is 20.4. The summed E-state index contributed by atoms with van der Waals surface area (Å²) in [6.45, 7) is 7.58. The molecule has 0 bridgehead atoms. The Labute approximate surface area is 200 Å². The van der Waals surface area contributed by atoms with Gasteiger partial charge in [-0.15, -0.1) is 0 Å². The molecule has 0 aliphatic carbocycles. The SMILES string of the molecule is O=C(CC(CN1CCN(c2ccc(Br)cc2)CC1)N1CCCCC1)OCc1ccccc1. The Hall–Kier alpha value is -1.89. The van der Waals surface area contributed by atoms with Crippen LogP contribution in [0.1, 0.15) is 31.2 Å². The molecule has 6 heteroatoms. The number of ether oxygens (including phenoxy) is 1. The largest absolute Gasteiger partial charge is 0.461 e. The van der Waals surface area contributed by atoms with Crippen LogP contribution < -0.4 is 4.90 Å². The molecule has 0 spiro atoms. The first-order valence-corrected chi connectivity index (χ1v) is 12.6. The van der Waals surface area contributed by atoms with Gasteiger partial charge in [0.25, 0.3) is 0 Å². The molecular formula is C26H34BrN3O2. The highest BCUT2D eigenvalue weighted by molar-refractivity contribution is 9.10. The molecule has 0 N–H and O–H groups in total. The van der Waals surface area contributed by atoms with E-state index < -0.39 is 0 Å². The van der Waals surface area contributed by atoms with Gasteiger partial charge in [-0.1, -0.05) is 52.7 Å². The van der Waals surface area contributed by atoms with Gasteiger partial charge < -0.3 is 9.64 Å². The Morgan fingerprint density at radius 3 is 2.25 bits per heavy atom. The first kappa shape index (κ1) is 23.3. The second-order valence-electron chi connectivity index (χ2n) is 8.86. The second kappa shape index (κ2) is 11.8. The average Bonchev–Trinajstić information content (AvgIpc) is 2.84. The molecule has 1 atom stereocenters. The topological polar surface area (TPSA) is 36.0 Å². The van der Waals surface area contributed by atoms with E-state index in [1.54, 1.807) is 0 Å². The fourth-order valence-corrected chi connectivity index (χ4v) is 4.98. The van der Waals surface area contributed by atoms with E-state index in [-0.39, 0.29) is 12.0 Å². The molecule has 0 aromatic heterocycles. The number of anilines is 1. The van der Waals surface area contributed by atoms with Crippen LogP contribution in [0.3, 0.4) is 0 Å². The highest BCUT2D eigenvalue weighted by atomic mass is 79.9. The molecular weight excluding hydrogens is 466 g/mol. The number of rotatable bonds is 8. The minimum atomic E-state index is -0.0853. The van der Waals surface area contributed by atoms with Crippen molar-refractivity contribution in [2.45, 2.75) is 38.3 Å². The number of esters is 1. The fraction of sp³-hybridized carbons (Fsp3) is 0.500. The van der Waals surface area contributed by atoms with Crippen molar-refractivity contribution in [3.8, 4) is 0 Å². The van der Waals surface area contributed by atoms with E-state index >= 15 is 0 Å². The molecule has 2 aromatic rings. The fourth-order valence-electron chi connectivity index (χ4n) is 4.72. The van der Waals surface area contributed by atoms with Crippen LogP contribution in [0, 0.1) is 0 Å². The monoisotopic (exact) mass is 499 g/mol. The van der Waals surface area contributed by atoms with Crippen molar-refractivity contribution in [2.24, 2.45) is 0 Å². The van der Waals surface area contributed by atoms with Crippen molar-refractivity contribution in [3.63, 3.8) is 0 Å². The summed E-state index contributed by atoms with van der Waals surface area (Å²) in [5.41, 5.74) is 2.32. The Morgan fingerprint density at radius 2 is 1.56 bits per heavy atom. The zero-order chi connectivity index (χ0) is 22.2. The van der Waals surface area contributed by atoms with E-state index in [4.69, 9.17) is 4.74 Å². The van der Waals surface area contributed by atoms with E-state index in [0.29, 0.717) is 13.0 Å². The van der Waals surface area contributed by atoms with E-state index in [1.807, 2.05) is 30.3 Å². The lowest BCUT2D eigenvalue weighted by molar-refractivity contribution is -0.146. The summed E-state index contributed by atoms with van der Waals surface area (Å²) in [6, 6.07) is 18.7. The van der Waals surface area contributed by atoms with E-state index in [1.165, 1.54) is 24.9 Å². The normalized spacial score (nSPS) is 19.0. The molecule has 0 saturated carbocycles. The summed E-state index contributed by atoms with van der Waals surface area (Å²) in [4.78, 5) is 20.2. The smallest absolute Gasteiger partial charge is 0.307 e. The Morgan fingerprint density at radius 1 is 0.875 bits per heavy atom. The van der Waals surface area contributed by atoms with Crippen LogP contribution in [-0.4, -0.2) is 67.6 Å². The van der Waals surface area contributed by atoms with Gasteiger partial charge in [-0.25, -0.2) is 0 Å². The molecule has 2 fully saturated rings. The lowest BCUT2D eigenvalue weighted by atomic mass is 10.0. The zero-order valence-electron chi connectivity index (χ0n) is 18.8. The maximum atomic E-state index is 12.7. The van der Waals surface area contributed by atoms with Crippen LogP contribution in [0.2, 0.25) is 0 Å². The van der Waals surface area contributed by atoms with E-state index in [2.05, 4.69) is 54.9 Å². The molecule has 2 aliphatic rings. The third-order valence-corrected chi connectivity index (χ3v) is 7.11. The standard InChI is InChI=1S/C26H34BrN3O2/c27-23-9-11-24(12-10-23)30-17-15-28(16-18-30)20-25(29-13-5-2-6-14-29)19-26(31)32-21-22-7-3-1-4-8-22/h1,3-4,7-12,25H,2,5-6,13-21H2. The molecule has 4 rings (SSSR count). The number of likely N-dealkylation sites (tertiary alicyclic amines) is 1. The molecule has 5 nitrogen and oxygen atoms in total. The molecule has 2 aromatic carbocycles. The first-order chi connectivity index (χ1) is 15.7. The molecule has 2 heterocycles. The van der Waals surface area contributed by atoms with Crippen LogP contribution >= 0.6 is 15.9 Å². The van der Waals surface area contributed by atoms with Crippen LogP contribution in [-0.2, 0) is 16.1 Å². The molecule has 0 amide bonds. The van der Waals surface area contributed by atoms with Gasteiger partial charge in [0.2, 0.25) is 0 Å². The van der Waals surface area contributed by atoms with Crippen molar-refractivity contribution in [2.75, 3.05) is 50.7 Å². The van der Waals surface area contributed by atoms with Crippen LogP contribution in [0.25, 0.3) is 0 Å². The summed E-state index contributed by atoms with van der Waals surface area (Å²) >= 11 is 3.52. The highest BCUT2D eigenvalue weighted by Crippen LogP contribution is 2.21. The van der Waals surface area contributed by atoms with E-state index in [9.17, 15) is 4.79 Å². The van der Waals surface area contributed by atoms with Crippen molar-refractivity contribution in [3.05, 3.63) is 64.6 Å². The van der Waals surface area contributed by atoms with Crippen molar-refractivity contribution in [1.82, 2.24) is 9.80 Å². The predicted octanol–water partition coefficient (Wildman–Crippen LogP) is 4.56. The Bertz CT molecular complexity index is 832. The van der Waals surface area contributed by atoms with Gasteiger partial charge >= 0.3 is 5.97 Å². The predicted molar refractivity (Wildman–Crippen MR) is 133 cm³/mol. The Balaban J connectivity index is 1.30. The summed E-state index contributed by atoms with van der Waals surface area (Å²) in [7, 11) is 0. The molecule has 2 saturated heterocycles. The molecule has 32 heavy (non-hydrogen) atoms. The number of nitrogens with zero attached hydrogens (tertiary/aromatic N) is 3. The van der Waals surface area contributed by atoms with Gasteiger partial charge in [-0.05, 0) is 55.8 Å². The Kier molecular flexibility index (Phi) is 8.60. The van der Waals surface area contributed by atoms with Crippen molar-refractivity contribution in [1.29, 1.82) is 0 Å². The van der Waals surface area contributed by atoms with Gasteiger partial charge in [0, 0.05) is 48.9 Å². The maximum Gasteiger partial charge on any atom is 0.307 e. The second-order valence-corrected chi connectivity index (χ2v) is 9.78. The van der Waals surface area contributed by atoms with Gasteiger partial charge in [0.15, 0.2) is 0 Å². The first-order valence-electron chi connectivity index (χ1n) is 11.8. The number of hydrogen-bond donors (Lipinski definition) is 0. The third kappa shape index (κ3) is 6.80. The van der Waals surface area contributed by atoms with Gasteiger partial charge in [0.05, 0.1) is 6.42 Å². The van der Waals surface area contributed by atoms with Gasteiger partial charge in [-0.3, -0.25) is 14.6 Å². The van der Waals surface area contributed by atoms with Crippen LogP contribution in [0.4, 0.5) is 5.69 Å².